The van der Waals surface area contributed by atoms with Crippen molar-refractivity contribution < 1.29 is 0 Å². The van der Waals surface area contributed by atoms with E-state index in [9.17, 15) is 10.5 Å². The van der Waals surface area contributed by atoms with Crippen molar-refractivity contribution in [2.45, 2.75) is 11.6 Å². The summed E-state index contributed by atoms with van der Waals surface area (Å²) in [5.74, 6) is 0. The molecule has 13 rings (SSSR count). The van der Waals surface area contributed by atoms with Gasteiger partial charge in [-0.15, -0.1) is 0 Å². The van der Waals surface area contributed by atoms with Crippen molar-refractivity contribution in [1.29, 1.82) is 10.5 Å². The fourth-order valence-corrected chi connectivity index (χ4v) is 10.9. The molecule has 6 heteroatoms. The van der Waals surface area contributed by atoms with E-state index in [2.05, 4.69) is 218 Å². The molecule has 0 amide bonds. The summed E-state index contributed by atoms with van der Waals surface area (Å²) in [7, 11) is 0. The normalized spacial score (nSPS) is 16.9. The minimum Gasteiger partial charge on any atom is -0.328 e. The Morgan fingerprint density at radius 3 is 1.05 bits per heavy atom. The van der Waals surface area contributed by atoms with E-state index >= 15 is 0 Å². The molecule has 4 heterocycles. The van der Waals surface area contributed by atoms with Gasteiger partial charge in [0.1, 0.15) is 6.04 Å². The van der Waals surface area contributed by atoms with E-state index in [0.29, 0.717) is 5.57 Å². The van der Waals surface area contributed by atoms with Crippen LogP contribution in [0.1, 0.15) is 6.04 Å². The summed E-state index contributed by atoms with van der Waals surface area (Å²) in [6, 6.07) is 72.4. The van der Waals surface area contributed by atoms with Crippen LogP contribution in [0.5, 0.6) is 0 Å². The van der Waals surface area contributed by atoms with Crippen LogP contribution < -0.4 is 0 Å². The maximum absolute atomic E-state index is 12.6. The molecule has 0 spiro atoms. The molecular formula is C56H34N6. The Balaban J connectivity index is 1.31. The lowest BCUT2D eigenvalue weighted by molar-refractivity contribution is 0.371. The number of para-hydroxylation sites is 8. The molecule has 0 bridgehead atoms. The molecule has 12 aromatic rings. The second-order valence-corrected chi connectivity index (χ2v) is 16.3. The number of hydrogen-bond donors (Lipinski definition) is 0. The van der Waals surface area contributed by atoms with Crippen molar-refractivity contribution in [2.75, 3.05) is 0 Å². The average Bonchev–Trinajstić information content (AvgIpc) is 4.06. The summed E-state index contributed by atoms with van der Waals surface area (Å²) in [6.45, 7) is 0. The Morgan fingerprint density at radius 2 is 0.677 bits per heavy atom. The van der Waals surface area contributed by atoms with Gasteiger partial charge in [-0.3, -0.25) is 0 Å². The summed E-state index contributed by atoms with van der Waals surface area (Å²) in [4.78, 5) is 0. The van der Waals surface area contributed by atoms with Crippen LogP contribution in [0.3, 0.4) is 0 Å². The molecular weight excluding hydrogens is 757 g/mol. The fraction of sp³-hybridized carbons (Fsp3) is 0.0357. The predicted molar refractivity (Wildman–Crippen MR) is 254 cm³/mol. The van der Waals surface area contributed by atoms with E-state index in [-0.39, 0.29) is 0 Å². The van der Waals surface area contributed by atoms with E-state index in [4.69, 9.17) is 0 Å². The number of allylic oxidation sites excluding steroid dienone is 4. The quantitative estimate of drug-likeness (QED) is 0.178. The van der Waals surface area contributed by atoms with Crippen molar-refractivity contribution in [3.63, 3.8) is 0 Å². The van der Waals surface area contributed by atoms with Crippen LogP contribution in [-0.2, 0) is 5.54 Å². The molecule has 2 unspecified atom stereocenters. The van der Waals surface area contributed by atoms with Gasteiger partial charge in [0.15, 0.2) is 5.54 Å². The van der Waals surface area contributed by atoms with Crippen molar-refractivity contribution >= 4 is 98.6 Å². The Morgan fingerprint density at radius 1 is 0.371 bits per heavy atom. The summed E-state index contributed by atoms with van der Waals surface area (Å²) in [5.41, 5.74) is 8.10. The summed E-state index contributed by atoms with van der Waals surface area (Å²) >= 11 is 0. The third-order valence-electron chi connectivity index (χ3n) is 13.3. The number of hydrogen-bond acceptors (Lipinski definition) is 2. The molecule has 0 aliphatic heterocycles. The Hall–Kier alpha value is -8.58. The van der Waals surface area contributed by atoms with E-state index in [1.165, 1.54) is 0 Å². The zero-order valence-corrected chi connectivity index (χ0v) is 33.3. The third kappa shape index (κ3) is 4.35. The number of nitriles is 2. The van der Waals surface area contributed by atoms with E-state index < -0.39 is 11.6 Å². The van der Waals surface area contributed by atoms with Gasteiger partial charge in [0.2, 0.25) is 0 Å². The number of fused-ring (bicyclic) bond motifs is 12. The van der Waals surface area contributed by atoms with Gasteiger partial charge in [0, 0.05) is 54.1 Å². The number of rotatable bonds is 4. The molecule has 62 heavy (non-hydrogen) atoms. The lowest BCUT2D eigenvalue weighted by Gasteiger charge is -2.42. The maximum Gasteiger partial charge on any atom is 0.179 e. The Kier molecular flexibility index (Phi) is 7.03. The predicted octanol–water partition coefficient (Wildman–Crippen LogP) is 13.6. The lowest BCUT2D eigenvalue weighted by atomic mass is 9.78. The highest BCUT2D eigenvalue weighted by Crippen LogP contribution is 2.54. The van der Waals surface area contributed by atoms with Gasteiger partial charge in [-0.2, -0.15) is 10.5 Å². The fourth-order valence-electron chi connectivity index (χ4n) is 10.9. The van der Waals surface area contributed by atoms with Gasteiger partial charge >= 0.3 is 0 Å². The maximum atomic E-state index is 12.6. The second kappa shape index (κ2) is 12.7. The standard InChI is InChI=1S/C56H34N6/c57-34-44-54(60-47-27-11-3-19-38(47)39-20-4-12-28-48(39)60)53(59-45-25-9-1-17-36(45)37-18-2-10-26-46(37)59)33-56(35-58,62-51-31-15-7-23-42(51)43-24-8-16-32-52(43)62)55(44)61-49-29-13-5-21-40(49)41-22-6-14-30-50(41)61/h1-33,55H. The van der Waals surface area contributed by atoms with Crippen LogP contribution in [-0.4, -0.2) is 18.3 Å². The first-order valence-corrected chi connectivity index (χ1v) is 20.9. The molecule has 1 aliphatic rings. The van der Waals surface area contributed by atoms with Crippen LogP contribution in [0.2, 0.25) is 0 Å². The first-order valence-electron chi connectivity index (χ1n) is 20.9. The Bertz CT molecular complexity index is 3820. The molecule has 0 saturated heterocycles. The van der Waals surface area contributed by atoms with Crippen molar-refractivity contribution in [3.05, 3.63) is 206 Å². The summed E-state index contributed by atoms with van der Waals surface area (Å²) in [5, 5.41) is 33.5. The van der Waals surface area contributed by atoms with E-state index in [1.807, 2.05) is 12.1 Å². The zero-order valence-electron chi connectivity index (χ0n) is 33.3. The van der Waals surface area contributed by atoms with Crippen molar-refractivity contribution in [1.82, 2.24) is 18.3 Å². The van der Waals surface area contributed by atoms with E-state index in [1.54, 1.807) is 0 Å². The molecule has 8 aromatic carbocycles. The first-order chi connectivity index (χ1) is 30.7. The lowest BCUT2D eigenvalue weighted by Crippen LogP contribution is -2.43. The smallest absolute Gasteiger partial charge is 0.179 e. The van der Waals surface area contributed by atoms with Crippen molar-refractivity contribution in [3.8, 4) is 12.1 Å². The topological polar surface area (TPSA) is 67.3 Å². The summed E-state index contributed by atoms with van der Waals surface area (Å²) < 4.78 is 9.08. The van der Waals surface area contributed by atoms with Gasteiger partial charge in [0.25, 0.3) is 0 Å². The number of benzene rings is 8. The molecule has 6 nitrogen and oxygen atoms in total. The monoisotopic (exact) mass is 790 g/mol. The Labute approximate surface area is 355 Å². The van der Waals surface area contributed by atoms with Crippen LogP contribution in [0.4, 0.5) is 0 Å². The molecule has 0 saturated carbocycles. The van der Waals surface area contributed by atoms with Crippen molar-refractivity contribution in [2.24, 2.45) is 0 Å². The molecule has 1 aliphatic carbocycles. The van der Waals surface area contributed by atoms with Gasteiger partial charge in [0.05, 0.1) is 62.2 Å². The van der Waals surface area contributed by atoms with Crippen LogP contribution >= 0.6 is 0 Å². The van der Waals surface area contributed by atoms with Gasteiger partial charge in [-0.05, 0) is 54.6 Å². The largest absolute Gasteiger partial charge is 0.328 e. The molecule has 0 radical (unpaired) electrons. The number of aromatic nitrogens is 4. The molecule has 288 valence electrons. The average molecular weight is 791 g/mol. The van der Waals surface area contributed by atoms with E-state index in [0.717, 1.165) is 98.6 Å². The van der Waals surface area contributed by atoms with Crippen LogP contribution in [0.15, 0.2) is 206 Å². The van der Waals surface area contributed by atoms with Crippen LogP contribution in [0.25, 0.3) is 98.6 Å². The van der Waals surface area contributed by atoms with Gasteiger partial charge in [-0.1, -0.05) is 146 Å². The highest BCUT2D eigenvalue weighted by molar-refractivity contribution is 6.18. The van der Waals surface area contributed by atoms with Gasteiger partial charge < -0.3 is 18.3 Å². The second-order valence-electron chi connectivity index (χ2n) is 16.3. The summed E-state index contributed by atoms with van der Waals surface area (Å²) in [6.07, 6.45) is 2.19. The van der Waals surface area contributed by atoms with Crippen LogP contribution in [0, 0.1) is 22.7 Å². The highest BCUT2D eigenvalue weighted by Gasteiger charge is 2.51. The highest BCUT2D eigenvalue weighted by atomic mass is 15.2. The third-order valence-corrected chi connectivity index (χ3v) is 13.3. The minimum absolute atomic E-state index is 0.478. The SMILES string of the molecule is N#CC1=C(n2c3ccccc3c3ccccc32)C(n2c3ccccc3c3ccccc32)=CC(C#N)(n2c3ccccc3c3ccccc32)C1n1c2ccccc2c2ccccc21. The molecule has 0 fully saturated rings. The number of nitrogens with zero attached hydrogens (tertiary/aromatic N) is 6. The minimum atomic E-state index is -1.51. The molecule has 0 N–H and O–H groups in total. The molecule has 2 atom stereocenters. The molecule has 4 aromatic heterocycles. The first kappa shape index (κ1) is 34.3. The van der Waals surface area contributed by atoms with Gasteiger partial charge in [-0.25, -0.2) is 0 Å². The zero-order chi connectivity index (χ0) is 41.1.